The molecular formula is C16H20N2O2. The van der Waals surface area contributed by atoms with Gasteiger partial charge in [-0.2, -0.15) is 0 Å². The molecule has 0 saturated carbocycles. The van der Waals surface area contributed by atoms with Gasteiger partial charge in [-0.1, -0.05) is 26.0 Å². The summed E-state index contributed by atoms with van der Waals surface area (Å²) in [6.45, 7) is 4.78. The van der Waals surface area contributed by atoms with Crippen molar-refractivity contribution >= 4 is 5.69 Å². The van der Waals surface area contributed by atoms with Crippen molar-refractivity contribution in [1.82, 2.24) is 4.57 Å². The number of hydrogen-bond acceptors (Lipinski definition) is 3. The van der Waals surface area contributed by atoms with E-state index >= 15 is 0 Å². The summed E-state index contributed by atoms with van der Waals surface area (Å²) in [5.41, 5.74) is 7.68. The van der Waals surface area contributed by atoms with Crippen molar-refractivity contribution < 1.29 is 4.74 Å². The molecule has 2 rings (SSSR count). The Morgan fingerprint density at radius 2 is 2.00 bits per heavy atom. The lowest BCUT2D eigenvalue weighted by Crippen LogP contribution is -2.26. The van der Waals surface area contributed by atoms with Gasteiger partial charge in [0.1, 0.15) is 5.75 Å². The van der Waals surface area contributed by atoms with Crippen LogP contribution >= 0.6 is 0 Å². The van der Waals surface area contributed by atoms with E-state index in [4.69, 9.17) is 10.5 Å². The number of hydrogen-bond donors (Lipinski definition) is 1. The number of anilines is 1. The molecule has 0 radical (unpaired) electrons. The van der Waals surface area contributed by atoms with Crippen LogP contribution in [0.15, 0.2) is 41.2 Å². The Labute approximate surface area is 118 Å². The fourth-order valence-electron chi connectivity index (χ4n) is 2.18. The average Bonchev–Trinajstić information content (AvgIpc) is 2.44. The Bertz CT molecular complexity index is 660. The highest BCUT2D eigenvalue weighted by atomic mass is 16.5. The molecular weight excluding hydrogens is 252 g/mol. The van der Waals surface area contributed by atoms with E-state index in [0.717, 1.165) is 17.0 Å². The molecule has 0 aliphatic rings. The number of aromatic nitrogens is 1. The molecule has 0 fully saturated rings. The Kier molecular flexibility index (Phi) is 4.13. The largest absolute Gasteiger partial charge is 0.497 e. The SMILES string of the molecule is COc1cccc(-c2ccc(N)c(=O)n2CC(C)C)c1. The van der Waals surface area contributed by atoms with Crippen LogP contribution in [0.1, 0.15) is 13.8 Å². The molecule has 0 amide bonds. The standard InChI is InChI=1S/C16H20N2O2/c1-11(2)10-18-15(8-7-14(17)16(18)19)12-5-4-6-13(9-12)20-3/h4-9,11H,10,17H2,1-3H3. The van der Waals surface area contributed by atoms with E-state index in [0.29, 0.717) is 12.5 Å². The summed E-state index contributed by atoms with van der Waals surface area (Å²) < 4.78 is 6.97. The zero-order valence-corrected chi connectivity index (χ0v) is 12.1. The number of nitrogens with two attached hydrogens (primary N) is 1. The van der Waals surface area contributed by atoms with Crippen molar-refractivity contribution in [3.8, 4) is 17.0 Å². The van der Waals surface area contributed by atoms with Gasteiger partial charge in [-0.15, -0.1) is 0 Å². The lowest BCUT2D eigenvalue weighted by atomic mass is 10.1. The zero-order chi connectivity index (χ0) is 14.7. The Hall–Kier alpha value is -2.23. The molecule has 106 valence electrons. The van der Waals surface area contributed by atoms with Gasteiger partial charge in [0.05, 0.1) is 18.5 Å². The predicted octanol–water partition coefficient (Wildman–Crippen LogP) is 2.76. The molecule has 0 atom stereocenters. The first-order chi connectivity index (χ1) is 9.52. The second-order valence-corrected chi connectivity index (χ2v) is 5.22. The highest BCUT2D eigenvalue weighted by molar-refractivity contribution is 5.63. The van der Waals surface area contributed by atoms with Gasteiger partial charge in [-0.05, 0) is 30.2 Å². The molecule has 1 aromatic heterocycles. The Morgan fingerprint density at radius 3 is 2.65 bits per heavy atom. The van der Waals surface area contributed by atoms with Crippen molar-refractivity contribution in [1.29, 1.82) is 0 Å². The molecule has 0 saturated heterocycles. The molecule has 4 nitrogen and oxygen atoms in total. The maximum atomic E-state index is 12.3. The number of rotatable bonds is 4. The molecule has 1 heterocycles. The van der Waals surface area contributed by atoms with Crippen LogP contribution in [0, 0.1) is 5.92 Å². The lowest BCUT2D eigenvalue weighted by Gasteiger charge is -2.16. The monoisotopic (exact) mass is 272 g/mol. The number of nitrogens with zero attached hydrogens (tertiary/aromatic N) is 1. The third kappa shape index (κ3) is 2.85. The van der Waals surface area contributed by atoms with Crippen LogP contribution in [0.5, 0.6) is 5.75 Å². The summed E-state index contributed by atoms with van der Waals surface area (Å²) in [5.74, 6) is 1.13. The summed E-state index contributed by atoms with van der Waals surface area (Å²) in [4.78, 5) is 12.3. The van der Waals surface area contributed by atoms with E-state index in [-0.39, 0.29) is 11.2 Å². The molecule has 0 bridgehead atoms. The quantitative estimate of drug-likeness (QED) is 0.931. The summed E-state index contributed by atoms with van der Waals surface area (Å²) in [6, 6.07) is 11.2. The van der Waals surface area contributed by atoms with E-state index in [2.05, 4.69) is 13.8 Å². The fraction of sp³-hybridized carbons (Fsp3) is 0.312. The van der Waals surface area contributed by atoms with E-state index in [9.17, 15) is 4.79 Å². The molecule has 4 heteroatoms. The predicted molar refractivity (Wildman–Crippen MR) is 81.9 cm³/mol. The van der Waals surface area contributed by atoms with Crippen molar-refractivity contribution in [2.45, 2.75) is 20.4 Å². The summed E-state index contributed by atoms with van der Waals surface area (Å²) in [7, 11) is 1.63. The first-order valence-electron chi connectivity index (χ1n) is 6.66. The fourth-order valence-corrected chi connectivity index (χ4v) is 2.18. The molecule has 0 unspecified atom stereocenters. The second kappa shape index (κ2) is 5.82. The highest BCUT2D eigenvalue weighted by Gasteiger charge is 2.10. The van der Waals surface area contributed by atoms with Crippen molar-refractivity contribution in [3.05, 3.63) is 46.8 Å². The van der Waals surface area contributed by atoms with Gasteiger partial charge in [0.25, 0.3) is 5.56 Å². The summed E-state index contributed by atoms with van der Waals surface area (Å²) in [5, 5.41) is 0. The Morgan fingerprint density at radius 1 is 1.25 bits per heavy atom. The van der Waals surface area contributed by atoms with Crippen LogP contribution in [0.25, 0.3) is 11.3 Å². The van der Waals surface area contributed by atoms with E-state index in [1.165, 1.54) is 0 Å². The lowest BCUT2D eigenvalue weighted by molar-refractivity contribution is 0.415. The van der Waals surface area contributed by atoms with Crippen LogP contribution < -0.4 is 16.0 Å². The normalized spacial score (nSPS) is 10.8. The average molecular weight is 272 g/mol. The van der Waals surface area contributed by atoms with Gasteiger partial charge < -0.3 is 15.0 Å². The van der Waals surface area contributed by atoms with Gasteiger partial charge in [-0.25, -0.2) is 0 Å². The second-order valence-electron chi connectivity index (χ2n) is 5.22. The summed E-state index contributed by atoms with van der Waals surface area (Å²) in [6.07, 6.45) is 0. The van der Waals surface area contributed by atoms with E-state index in [1.807, 2.05) is 30.3 Å². The first-order valence-corrected chi connectivity index (χ1v) is 6.66. The molecule has 20 heavy (non-hydrogen) atoms. The van der Waals surface area contributed by atoms with Gasteiger partial charge in [0, 0.05) is 12.1 Å². The van der Waals surface area contributed by atoms with Crippen LogP contribution in [0.2, 0.25) is 0 Å². The van der Waals surface area contributed by atoms with Crippen molar-refractivity contribution in [2.75, 3.05) is 12.8 Å². The topological polar surface area (TPSA) is 57.2 Å². The smallest absolute Gasteiger partial charge is 0.274 e. The van der Waals surface area contributed by atoms with Crippen molar-refractivity contribution in [3.63, 3.8) is 0 Å². The van der Waals surface area contributed by atoms with Crippen LogP contribution in [0.4, 0.5) is 5.69 Å². The molecule has 2 aromatic rings. The number of pyridine rings is 1. The minimum absolute atomic E-state index is 0.140. The number of methoxy groups -OCH3 is 1. The van der Waals surface area contributed by atoms with Crippen molar-refractivity contribution in [2.24, 2.45) is 5.92 Å². The molecule has 0 spiro atoms. The first kappa shape index (κ1) is 14.2. The van der Waals surface area contributed by atoms with Crippen LogP contribution in [-0.2, 0) is 6.54 Å². The molecule has 2 N–H and O–H groups in total. The molecule has 1 aromatic carbocycles. The van der Waals surface area contributed by atoms with Gasteiger partial charge in [0.2, 0.25) is 0 Å². The van der Waals surface area contributed by atoms with Crippen LogP contribution in [-0.4, -0.2) is 11.7 Å². The van der Waals surface area contributed by atoms with Gasteiger partial charge in [-0.3, -0.25) is 4.79 Å². The maximum absolute atomic E-state index is 12.3. The number of benzene rings is 1. The van der Waals surface area contributed by atoms with Crippen LogP contribution in [0.3, 0.4) is 0 Å². The third-order valence-corrected chi connectivity index (χ3v) is 3.12. The number of nitrogen functional groups attached to an aromatic ring is 1. The maximum Gasteiger partial charge on any atom is 0.274 e. The Balaban J connectivity index is 2.60. The molecule has 0 aliphatic heterocycles. The van der Waals surface area contributed by atoms with E-state index < -0.39 is 0 Å². The van der Waals surface area contributed by atoms with Gasteiger partial charge in [0.15, 0.2) is 0 Å². The molecule has 0 aliphatic carbocycles. The van der Waals surface area contributed by atoms with E-state index in [1.54, 1.807) is 17.7 Å². The zero-order valence-electron chi connectivity index (χ0n) is 12.1. The van der Waals surface area contributed by atoms with Gasteiger partial charge >= 0.3 is 0 Å². The summed E-state index contributed by atoms with van der Waals surface area (Å²) >= 11 is 0. The highest BCUT2D eigenvalue weighted by Crippen LogP contribution is 2.24. The third-order valence-electron chi connectivity index (χ3n) is 3.12. The minimum Gasteiger partial charge on any atom is -0.497 e. The minimum atomic E-state index is -0.140. The number of ether oxygens (including phenoxy) is 1.